The number of rotatable bonds is 3. The first-order valence-corrected chi connectivity index (χ1v) is 9.06. The summed E-state index contributed by atoms with van der Waals surface area (Å²) in [7, 11) is 0. The lowest BCUT2D eigenvalue weighted by atomic mass is 10.2. The van der Waals surface area contributed by atoms with Crippen molar-refractivity contribution in [3.8, 4) is 0 Å². The zero-order valence-electron chi connectivity index (χ0n) is 14.3. The van der Waals surface area contributed by atoms with E-state index in [0.29, 0.717) is 21.3 Å². The van der Waals surface area contributed by atoms with Crippen LogP contribution in [0.2, 0.25) is 10.0 Å². The van der Waals surface area contributed by atoms with Gasteiger partial charge in [-0.25, -0.2) is 0 Å². The van der Waals surface area contributed by atoms with Crippen LogP contribution in [0.5, 0.6) is 0 Å². The molecule has 7 heteroatoms. The van der Waals surface area contributed by atoms with Crippen LogP contribution in [0.3, 0.4) is 0 Å². The van der Waals surface area contributed by atoms with Crippen LogP contribution >= 0.6 is 23.2 Å². The predicted octanol–water partition coefficient (Wildman–Crippen LogP) is 3.91. The van der Waals surface area contributed by atoms with Crippen LogP contribution in [0.1, 0.15) is 17.3 Å². The van der Waals surface area contributed by atoms with E-state index in [9.17, 15) is 9.59 Å². The van der Waals surface area contributed by atoms with Crippen molar-refractivity contribution < 1.29 is 9.59 Å². The number of hydrogen-bond donors (Lipinski definition) is 1. The zero-order valence-corrected chi connectivity index (χ0v) is 15.8. The summed E-state index contributed by atoms with van der Waals surface area (Å²) in [6.45, 7) is 4.64. The molecule has 1 N–H and O–H groups in total. The third kappa shape index (κ3) is 4.29. The SMILES string of the molecule is CC(=O)N1CCN(c2ccc(NC(=O)c3ccc(Cl)cc3Cl)cc2)CC1. The van der Waals surface area contributed by atoms with Gasteiger partial charge in [0.2, 0.25) is 5.91 Å². The van der Waals surface area contributed by atoms with Crippen molar-refractivity contribution in [1.82, 2.24) is 4.90 Å². The maximum atomic E-state index is 12.3. The van der Waals surface area contributed by atoms with Crippen molar-refractivity contribution in [2.75, 3.05) is 36.4 Å². The van der Waals surface area contributed by atoms with Gasteiger partial charge < -0.3 is 15.1 Å². The molecule has 136 valence electrons. The second-order valence-electron chi connectivity index (χ2n) is 6.12. The molecule has 5 nitrogen and oxygen atoms in total. The number of amides is 2. The molecular weight excluding hydrogens is 373 g/mol. The highest BCUT2D eigenvalue weighted by molar-refractivity contribution is 6.37. The summed E-state index contributed by atoms with van der Waals surface area (Å²) in [6, 6.07) is 12.4. The second kappa shape index (κ2) is 7.98. The Morgan fingerprint density at radius 1 is 0.962 bits per heavy atom. The Morgan fingerprint density at radius 2 is 1.62 bits per heavy atom. The maximum Gasteiger partial charge on any atom is 0.257 e. The largest absolute Gasteiger partial charge is 0.368 e. The highest BCUT2D eigenvalue weighted by Gasteiger charge is 2.18. The molecule has 1 aliphatic heterocycles. The first-order chi connectivity index (χ1) is 12.4. The Hall–Kier alpha value is -2.24. The normalized spacial score (nSPS) is 14.3. The van der Waals surface area contributed by atoms with Crippen LogP contribution in [-0.4, -0.2) is 42.9 Å². The number of carbonyl (C=O) groups excluding carboxylic acids is 2. The molecule has 0 bridgehead atoms. The molecule has 0 atom stereocenters. The molecule has 0 radical (unpaired) electrons. The summed E-state index contributed by atoms with van der Waals surface area (Å²) in [5, 5.41) is 3.63. The lowest BCUT2D eigenvalue weighted by molar-refractivity contribution is -0.129. The molecule has 1 saturated heterocycles. The summed E-state index contributed by atoms with van der Waals surface area (Å²) in [4.78, 5) is 27.8. The number of halogens is 2. The highest BCUT2D eigenvalue weighted by Crippen LogP contribution is 2.23. The molecule has 0 aliphatic carbocycles. The van der Waals surface area contributed by atoms with Crippen molar-refractivity contribution >= 4 is 46.4 Å². The number of anilines is 2. The number of piperazine rings is 1. The number of nitrogens with zero attached hydrogens (tertiary/aromatic N) is 2. The molecular formula is C19H19Cl2N3O2. The predicted molar refractivity (Wildman–Crippen MR) is 105 cm³/mol. The van der Waals surface area contributed by atoms with Gasteiger partial charge >= 0.3 is 0 Å². The number of benzene rings is 2. The standard InChI is InChI=1S/C19H19Cl2N3O2/c1-13(25)23-8-10-24(11-9-23)16-5-3-15(4-6-16)22-19(26)17-7-2-14(20)12-18(17)21/h2-7,12H,8-11H2,1H3,(H,22,26). The topological polar surface area (TPSA) is 52.7 Å². The Morgan fingerprint density at radius 3 is 2.19 bits per heavy atom. The molecule has 1 aliphatic rings. The Labute approximate surface area is 162 Å². The number of carbonyl (C=O) groups is 2. The number of nitrogens with one attached hydrogen (secondary N) is 1. The molecule has 0 saturated carbocycles. The van der Waals surface area contributed by atoms with E-state index in [1.807, 2.05) is 29.2 Å². The molecule has 26 heavy (non-hydrogen) atoms. The van der Waals surface area contributed by atoms with E-state index >= 15 is 0 Å². The maximum absolute atomic E-state index is 12.3. The Bertz CT molecular complexity index is 816. The summed E-state index contributed by atoms with van der Waals surface area (Å²) in [6.07, 6.45) is 0. The minimum Gasteiger partial charge on any atom is -0.368 e. The van der Waals surface area contributed by atoms with Gasteiger partial charge in [0, 0.05) is 49.5 Å². The van der Waals surface area contributed by atoms with Crippen LogP contribution in [0.25, 0.3) is 0 Å². The molecule has 3 rings (SSSR count). The highest BCUT2D eigenvalue weighted by atomic mass is 35.5. The van der Waals surface area contributed by atoms with Gasteiger partial charge in [0.05, 0.1) is 10.6 Å². The third-order valence-electron chi connectivity index (χ3n) is 4.39. The van der Waals surface area contributed by atoms with Gasteiger partial charge in [0.15, 0.2) is 0 Å². The Balaban J connectivity index is 1.63. The fourth-order valence-electron chi connectivity index (χ4n) is 2.91. The lowest BCUT2D eigenvalue weighted by Crippen LogP contribution is -2.48. The average molecular weight is 392 g/mol. The van der Waals surface area contributed by atoms with Gasteiger partial charge in [-0.3, -0.25) is 9.59 Å². The molecule has 1 heterocycles. The van der Waals surface area contributed by atoms with Crippen LogP contribution in [0.15, 0.2) is 42.5 Å². The van der Waals surface area contributed by atoms with E-state index in [0.717, 1.165) is 31.9 Å². The van der Waals surface area contributed by atoms with Crippen LogP contribution in [-0.2, 0) is 4.79 Å². The molecule has 2 amide bonds. The van der Waals surface area contributed by atoms with E-state index in [-0.39, 0.29) is 11.8 Å². The fourth-order valence-corrected chi connectivity index (χ4v) is 3.40. The van der Waals surface area contributed by atoms with Crippen molar-refractivity contribution in [3.63, 3.8) is 0 Å². The molecule has 2 aromatic carbocycles. The lowest BCUT2D eigenvalue weighted by Gasteiger charge is -2.35. The van der Waals surface area contributed by atoms with E-state index in [2.05, 4.69) is 10.2 Å². The molecule has 1 fully saturated rings. The van der Waals surface area contributed by atoms with E-state index in [4.69, 9.17) is 23.2 Å². The van der Waals surface area contributed by atoms with Gasteiger partial charge in [0.25, 0.3) is 5.91 Å². The zero-order chi connectivity index (χ0) is 18.7. The van der Waals surface area contributed by atoms with E-state index < -0.39 is 0 Å². The minimum atomic E-state index is -0.283. The first kappa shape index (κ1) is 18.5. The molecule has 0 spiro atoms. The van der Waals surface area contributed by atoms with Crippen LogP contribution < -0.4 is 10.2 Å². The van der Waals surface area contributed by atoms with Crippen LogP contribution in [0.4, 0.5) is 11.4 Å². The molecule has 2 aromatic rings. The quantitative estimate of drug-likeness (QED) is 0.862. The van der Waals surface area contributed by atoms with E-state index in [1.54, 1.807) is 25.1 Å². The van der Waals surface area contributed by atoms with Gasteiger partial charge in [-0.1, -0.05) is 23.2 Å². The van der Waals surface area contributed by atoms with Crippen molar-refractivity contribution in [2.24, 2.45) is 0 Å². The van der Waals surface area contributed by atoms with Gasteiger partial charge in [-0.15, -0.1) is 0 Å². The van der Waals surface area contributed by atoms with Crippen molar-refractivity contribution in [1.29, 1.82) is 0 Å². The van der Waals surface area contributed by atoms with E-state index in [1.165, 1.54) is 0 Å². The molecule has 0 unspecified atom stereocenters. The summed E-state index contributed by atoms with van der Waals surface area (Å²) in [5.74, 6) is -0.168. The summed E-state index contributed by atoms with van der Waals surface area (Å²) < 4.78 is 0. The monoisotopic (exact) mass is 391 g/mol. The second-order valence-corrected chi connectivity index (χ2v) is 6.96. The molecule has 0 aromatic heterocycles. The van der Waals surface area contributed by atoms with Crippen molar-refractivity contribution in [2.45, 2.75) is 6.92 Å². The number of hydrogen-bond acceptors (Lipinski definition) is 3. The third-order valence-corrected chi connectivity index (χ3v) is 4.94. The Kier molecular flexibility index (Phi) is 5.69. The van der Waals surface area contributed by atoms with Crippen molar-refractivity contribution in [3.05, 3.63) is 58.1 Å². The first-order valence-electron chi connectivity index (χ1n) is 8.31. The fraction of sp³-hybridized carbons (Fsp3) is 0.263. The van der Waals surface area contributed by atoms with Gasteiger partial charge in [0.1, 0.15) is 0 Å². The minimum absolute atomic E-state index is 0.114. The van der Waals surface area contributed by atoms with Crippen LogP contribution in [0, 0.1) is 0 Å². The average Bonchev–Trinajstić information content (AvgIpc) is 2.62. The smallest absolute Gasteiger partial charge is 0.257 e. The van der Waals surface area contributed by atoms with Gasteiger partial charge in [-0.05, 0) is 42.5 Å². The summed E-state index contributed by atoms with van der Waals surface area (Å²) >= 11 is 11.9. The summed E-state index contributed by atoms with van der Waals surface area (Å²) in [5.41, 5.74) is 2.13. The van der Waals surface area contributed by atoms with Gasteiger partial charge in [-0.2, -0.15) is 0 Å².